The number of halogens is 1. The molecule has 1 aromatic heterocycles. The van der Waals surface area contributed by atoms with E-state index in [2.05, 4.69) is 16.4 Å². The summed E-state index contributed by atoms with van der Waals surface area (Å²) in [6.07, 6.45) is 6.26. The van der Waals surface area contributed by atoms with Crippen LogP contribution in [0.15, 0.2) is 42.7 Å². The Kier molecular flexibility index (Phi) is 3.07. The van der Waals surface area contributed by atoms with E-state index < -0.39 is 0 Å². The minimum Gasteiger partial charge on any atom is -0.310 e. The van der Waals surface area contributed by atoms with E-state index in [1.165, 1.54) is 30.5 Å². The fourth-order valence-electron chi connectivity index (χ4n) is 1.93. The van der Waals surface area contributed by atoms with Crippen molar-refractivity contribution >= 4 is 0 Å². The molecular weight excluding hydrogens is 227 g/mol. The molecule has 1 aliphatic carbocycles. The molecule has 1 aliphatic rings. The van der Waals surface area contributed by atoms with Crippen molar-refractivity contribution in [1.82, 2.24) is 10.3 Å². The maximum absolute atomic E-state index is 12.9. The summed E-state index contributed by atoms with van der Waals surface area (Å²) in [6.45, 7) is 0.854. The lowest BCUT2D eigenvalue weighted by Crippen LogP contribution is -2.15. The Morgan fingerprint density at radius 2 is 1.89 bits per heavy atom. The topological polar surface area (TPSA) is 24.9 Å². The maximum Gasteiger partial charge on any atom is 0.123 e. The Morgan fingerprint density at radius 1 is 1.11 bits per heavy atom. The molecule has 92 valence electrons. The Balaban J connectivity index is 1.78. The van der Waals surface area contributed by atoms with E-state index in [4.69, 9.17) is 0 Å². The maximum atomic E-state index is 12.9. The first-order valence-corrected chi connectivity index (χ1v) is 6.24. The minimum atomic E-state index is -0.210. The molecule has 3 heteroatoms. The normalized spacial score (nSPS) is 14.7. The van der Waals surface area contributed by atoms with Gasteiger partial charge in [-0.3, -0.25) is 4.98 Å². The van der Waals surface area contributed by atoms with Gasteiger partial charge in [0.25, 0.3) is 0 Å². The van der Waals surface area contributed by atoms with Gasteiger partial charge in [-0.1, -0.05) is 12.1 Å². The first kappa shape index (κ1) is 11.4. The fraction of sp³-hybridized carbons (Fsp3) is 0.267. The van der Waals surface area contributed by atoms with Crippen molar-refractivity contribution in [2.45, 2.75) is 25.4 Å². The average molecular weight is 242 g/mol. The number of rotatable bonds is 4. The van der Waals surface area contributed by atoms with Crippen LogP contribution in [0.1, 0.15) is 18.4 Å². The molecule has 0 unspecified atom stereocenters. The highest BCUT2D eigenvalue weighted by Crippen LogP contribution is 2.21. The quantitative estimate of drug-likeness (QED) is 0.891. The van der Waals surface area contributed by atoms with Crippen LogP contribution >= 0.6 is 0 Å². The lowest BCUT2D eigenvalue weighted by molar-refractivity contribution is 0.628. The minimum absolute atomic E-state index is 0.210. The lowest BCUT2D eigenvalue weighted by atomic mass is 10.1. The second-order valence-electron chi connectivity index (χ2n) is 4.74. The molecule has 1 fully saturated rings. The van der Waals surface area contributed by atoms with Crippen LogP contribution in [0.4, 0.5) is 4.39 Å². The Bertz CT molecular complexity index is 532. The second kappa shape index (κ2) is 4.86. The second-order valence-corrected chi connectivity index (χ2v) is 4.74. The smallest absolute Gasteiger partial charge is 0.123 e. The summed E-state index contributed by atoms with van der Waals surface area (Å²) < 4.78 is 12.9. The molecule has 18 heavy (non-hydrogen) atoms. The summed E-state index contributed by atoms with van der Waals surface area (Å²) in [4.78, 5) is 4.25. The number of pyridine rings is 1. The van der Waals surface area contributed by atoms with E-state index in [0.29, 0.717) is 6.04 Å². The molecule has 3 rings (SSSR count). The van der Waals surface area contributed by atoms with Crippen LogP contribution in [-0.2, 0) is 6.54 Å². The van der Waals surface area contributed by atoms with Gasteiger partial charge in [-0.15, -0.1) is 0 Å². The third-order valence-electron chi connectivity index (χ3n) is 3.14. The molecule has 0 aliphatic heterocycles. The number of nitrogens with one attached hydrogen (secondary N) is 1. The highest BCUT2D eigenvalue weighted by Gasteiger charge is 2.19. The summed E-state index contributed by atoms with van der Waals surface area (Å²) in [7, 11) is 0. The molecule has 0 saturated heterocycles. The molecule has 0 radical (unpaired) electrons. The summed E-state index contributed by atoms with van der Waals surface area (Å²) in [5.74, 6) is -0.210. The standard InChI is InChI=1S/C15H15FN2/c16-14-3-1-12(2-4-14)13-7-11(8-17-10-13)9-18-15-5-6-15/h1-4,7-8,10,15,18H,5-6,9H2. The molecule has 0 atom stereocenters. The van der Waals surface area contributed by atoms with Gasteiger partial charge in [-0.25, -0.2) is 4.39 Å². The third kappa shape index (κ3) is 2.74. The zero-order valence-electron chi connectivity index (χ0n) is 10.1. The van der Waals surface area contributed by atoms with Crippen LogP contribution in [0.25, 0.3) is 11.1 Å². The third-order valence-corrected chi connectivity index (χ3v) is 3.14. The first-order valence-electron chi connectivity index (χ1n) is 6.24. The van der Waals surface area contributed by atoms with Crippen molar-refractivity contribution in [3.05, 3.63) is 54.1 Å². The Morgan fingerprint density at radius 3 is 2.61 bits per heavy atom. The van der Waals surface area contributed by atoms with Crippen molar-refractivity contribution in [2.75, 3.05) is 0 Å². The van der Waals surface area contributed by atoms with E-state index in [1.54, 1.807) is 12.1 Å². The highest BCUT2D eigenvalue weighted by atomic mass is 19.1. The molecule has 0 bridgehead atoms. The van der Waals surface area contributed by atoms with Gasteiger partial charge < -0.3 is 5.32 Å². The van der Waals surface area contributed by atoms with Gasteiger partial charge in [0.15, 0.2) is 0 Å². The first-order chi connectivity index (χ1) is 8.81. The van der Waals surface area contributed by atoms with Crippen LogP contribution in [0.3, 0.4) is 0 Å². The molecule has 1 saturated carbocycles. The average Bonchev–Trinajstić information content (AvgIpc) is 3.22. The van der Waals surface area contributed by atoms with Crippen LogP contribution in [0.5, 0.6) is 0 Å². The van der Waals surface area contributed by atoms with Crippen molar-refractivity contribution < 1.29 is 4.39 Å². The zero-order chi connectivity index (χ0) is 12.4. The van der Waals surface area contributed by atoms with Gasteiger partial charge in [0.1, 0.15) is 5.82 Å². The van der Waals surface area contributed by atoms with E-state index in [1.807, 2.05) is 12.4 Å². The predicted molar refractivity (Wildman–Crippen MR) is 69.5 cm³/mol. The molecule has 1 heterocycles. The van der Waals surface area contributed by atoms with Crippen LogP contribution in [-0.4, -0.2) is 11.0 Å². The van der Waals surface area contributed by atoms with E-state index in [0.717, 1.165) is 17.7 Å². The van der Waals surface area contributed by atoms with E-state index >= 15 is 0 Å². The van der Waals surface area contributed by atoms with Gasteiger partial charge in [-0.2, -0.15) is 0 Å². The summed E-state index contributed by atoms with van der Waals surface area (Å²) in [6, 6.07) is 9.32. The highest BCUT2D eigenvalue weighted by molar-refractivity contribution is 5.62. The Labute approximate surface area is 106 Å². The van der Waals surface area contributed by atoms with Gasteiger partial charge in [0.2, 0.25) is 0 Å². The molecule has 1 N–H and O–H groups in total. The van der Waals surface area contributed by atoms with E-state index in [9.17, 15) is 4.39 Å². The van der Waals surface area contributed by atoms with Crippen LogP contribution in [0.2, 0.25) is 0 Å². The van der Waals surface area contributed by atoms with E-state index in [-0.39, 0.29) is 5.82 Å². The molecular formula is C15H15FN2. The number of hydrogen-bond acceptors (Lipinski definition) is 2. The molecule has 2 aromatic rings. The SMILES string of the molecule is Fc1ccc(-c2cncc(CNC3CC3)c2)cc1. The largest absolute Gasteiger partial charge is 0.310 e. The molecule has 0 spiro atoms. The van der Waals surface area contributed by atoms with Crippen LogP contribution < -0.4 is 5.32 Å². The summed E-state index contributed by atoms with van der Waals surface area (Å²) in [5.41, 5.74) is 3.20. The monoisotopic (exact) mass is 242 g/mol. The summed E-state index contributed by atoms with van der Waals surface area (Å²) >= 11 is 0. The van der Waals surface area contributed by atoms with Gasteiger partial charge >= 0.3 is 0 Å². The lowest BCUT2D eigenvalue weighted by Gasteiger charge is -2.06. The fourth-order valence-corrected chi connectivity index (χ4v) is 1.93. The number of benzene rings is 1. The predicted octanol–water partition coefficient (Wildman–Crippen LogP) is 3.14. The van der Waals surface area contributed by atoms with Crippen molar-refractivity contribution in [3.63, 3.8) is 0 Å². The number of hydrogen-bond donors (Lipinski definition) is 1. The van der Waals surface area contributed by atoms with Gasteiger partial charge in [-0.05, 0) is 42.2 Å². The van der Waals surface area contributed by atoms with Crippen molar-refractivity contribution in [3.8, 4) is 11.1 Å². The number of nitrogens with zero attached hydrogens (tertiary/aromatic N) is 1. The zero-order valence-corrected chi connectivity index (χ0v) is 10.1. The van der Waals surface area contributed by atoms with Gasteiger partial charge in [0, 0.05) is 30.5 Å². The summed E-state index contributed by atoms with van der Waals surface area (Å²) in [5, 5.41) is 3.46. The van der Waals surface area contributed by atoms with Crippen molar-refractivity contribution in [2.24, 2.45) is 0 Å². The molecule has 1 aromatic carbocycles. The van der Waals surface area contributed by atoms with Crippen molar-refractivity contribution in [1.29, 1.82) is 0 Å². The Hall–Kier alpha value is -1.74. The van der Waals surface area contributed by atoms with Crippen LogP contribution in [0, 0.1) is 5.82 Å². The van der Waals surface area contributed by atoms with Gasteiger partial charge in [0.05, 0.1) is 0 Å². The molecule has 2 nitrogen and oxygen atoms in total. The molecule has 0 amide bonds. The number of aromatic nitrogens is 1.